The van der Waals surface area contributed by atoms with Crippen LogP contribution >= 0.6 is 11.3 Å². The van der Waals surface area contributed by atoms with Crippen molar-refractivity contribution in [2.45, 2.75) is 0 Å². The highest BCUT2D eigenvalue weighted by Crippen LogP contribution is 2.25. The summed E-state index contributed by atoms with van der Waals surface area (Å²) in [6.07, 6.45) is 5.15. The SMILES string of the molecule is Nc1cnc(-c2ccncc2)s1. The lowest BCUT2D eigenvalue weighted by molar-refractivity contribution is 1.32. The lowest BCUT2D eigenvalue weighted by Gasteiger charge is -1.91. The van der Waals surface area contributed by atoms with Gasteiger partial charge in [0, 0.05) is 18.0 Å². The van der Waals surface area contributed by atoms with Gasteiger partial charge in [0.25, 0.3) is 0 Å². The summed E-state index contributed by atoms with van der Waals surface area (Å²) < 4.78 is 0. The van der Waals surface area contributed by atoms with Gasteiger partial charge >= 0.3 is 0 Å². The van der Waals surface area contributed by atoms with Crippen molar-refractivity contribution in [2.24, 2.45) is 0 Å². The number of thiazole rings is 1. The minimum absolute atomic E-state index is 0.738. The Morgan fingerprint density at radius 3 is 2.58 bits per heavy atom. The van der Waals surface area contributed by atoms with Gasteiger partial charge in [-0.2, -0.15) is 0 Å². The number of nitrogens with two attached hydrogens (primary N) is 1. The molecule has 60 valence electrons. The summed E-state index contributed by atoms with van der Waals surface area (Å²) in [7, 11) is 0. The monoisotopic (exact) mass is 177 g/mol. The zero-order valence-electron chi connectivity index (χ0n) is 6.27. The fourth-order valence-corrected chi connectivity index (χ4v) is 1.60. The van der Waals surface area contributed by atoms with Gasteiger partial charge in [0.1, 0.15) is 10.0 Å². The summed E-state index contributed by atoms with van der Waals surface area (Å²) in [5, 5.41) is 1.68. The highest BCUT2D eigenvalue weighted by molar-refractivity contribution is 7.18. The van der Waals surface area contributed by atoms with E-state index in [1.54, 1.807) is 18.6 Å². The summed E-state index contributed by atoms with van der Waals surface area (Å²) in [4.78, 5) is 8.08. The standard InChI is InChI=1S/C8H7N3S/c9-7-5-11-8(12-7)6-1-3-10-4-2-6/h1-5H,9H2. The van der Waals surface area contributed by atoms with Crippen molar-refractivity contribution >= 4 is 16.3 Å². The van der Waals surface area contributed by atoms with E-state index in [4.69, 9.17) is 5.73 Å². The lowest BCUT2D eigenvalue weighted by Crippen LogP contribution is -1.74. The summed E-state index contributed by atoms with van der Waals surface area (Å²) in [6.45, 7) is 0. The Hall–Kier alpha value is -1.42. The topological polar surface area (TPSA) is 51.8 Å². The van der Waals surface area contributed by atoms with Crippen LogP contribution in [0.25, 0.3) is 10.6 Å². The first kappa shape index (κ1) is 7.24. The maximum absolute atomic E-state index is 5.56. The van der Waals surface area contributed by atoms with Crippen molar-refractivity contribution in [3.05, 3.63) is 30.7 Å². The van der Waals surface area contributed by atoms with E-state index in [1.165, 1.54) is 11.3 Å². The van der Waals surface area contributed by atoms with Gasteiger partial charge in [-0.1, -0.05) is 11.3 Å². The molecule has 0 bridgehead atoms. The highest BCUT2D eigenvalue weighted by atomic mass is 32.1. The third-order valence-corrected chi connectivity index (χ3v) is 2.33. The number of aromatic nitrogens is 2. The van der Waals surface area contributed by atoms with E-state index in [9.17, 15) is 0 Å². The van der Waals surface area contributed by atoms with Crippen LogP contribution in [0, 0.1) is 0 Å². The number of hydrogen-bond donors (Lipinski definition) is 1. The molecule has 2 aromatic rings. The second kappa shape index (κ2) is 2.91. The van der Waals surface area contributed by atoms with Gasteiger partial charge in [0.15, 0.2) is 0 Å². The van der Waals surface area contributed by atoms with Crippen LogP contribution in [0.15, 0.2) is 30.7 Å². The normalized spacial score (nSPS) is 10.0. The molecule has 0 saturated heterocycles. The molecule has 0 atom stereocenters. The molecule has 2 N–H and O–H groups in total. The molecule has 0 amide bonds. The van der Waals surface area contributed by atoms with E-state index in [1.807, 2.05) is 12.1 Å². The summed E-state index contributed by atoms with van der Waals surface area (Å²) in [5.41, 5.74) is 6.62. The number of nitrogen functional groups attached to an aromatic ring is 1. The third-order valence-electron chi connectivity index (χ3n) is 1.45. The van der Waals surface area contributed by atoms with Gasteiger partial charge in [0.05, 0.1) is 6.20 Å². The smallest absolute Gasteiger partial charge is 0.125 e. The molecule has 0 spiro atoms. The molecule has 0 fully saturated rings. The van der Waals surface area contributed by atoms with Gasteiger partial charge < -0.3 is 5.73 Å². The number of hydrogen-bond acceptors (Lipinski definition) is 4. The Kier molecular flexibility index (Phi) is 1.75. The molecule has 12 heavy (non-hydrogen) atoms. The van der Waals surface area contributed by atoms with Crippen molar-refractivity contribution < 1.29 is 0 Å². The van der Waals surface area contributed by atoms with Crippen LogP contribution in [-0.4, -0.2) is 9.97 Å². The maximum atomic E-state index is 5.56. The van der Waals surface area contributed by atoms with Crippen LogP contribution in [-0.2, 0) is 0 Å². The fourth-order valence-electron chi connectivity index (χ4n) is 0.915. The molecule has 0 aliphatic rings. The zero-order chi connectivity index (χ0) is 8.39. The van der Waals surface area contributed by atoms with Crippen LogP contribution in [0.1, 0.15) is 0 Å². The van der Waals surface area contributed by atoms with Crippen LogP contribution < -0.4 is 5.73 Å². The summed E-state index contributed by atoms with van der Waals surface area (Å²) in [5.74, 6) is 0. The average molecular weight is 177 g/mol. The second-order valence-corrected chi connectivity index (χ2v) is 3.37. The molecule has 0 aliphatic carbocycles. The predicted molar refractivity (Wildman–Crippen MR) is 49.8 cm³/mol. The largest absolute Gasteiger partial charge is 0.389 e. The molecule has 3 nitrogen and oxygen atoms in total. The lowest BCUT2D eigenvalue weighted by atomic mass is 10.3. The maximum Gasteiger partial charge on any atom is 0.125 e. The molecule has 0 aromatic carbocycles. The molecule has 0 aliphatic heterocycles. The van der Waals surface area contributed by atoms with Crippen LogP contribution in [0.3, 0.4) is 0 Å². The number of nitrogens with zero attached hydrogens (tertiary/aromatic N) is 2. The van der Waals surface area contributed by atoms with Crippen molar-refractivity contribution in [2.75, 3.05) is 5.73 Å². The zero-order valence-corrected chi connectivity index (χ0v) is 7.08. The van der Waals surface area contributed by atoms with Crippen molar-refractivity contribution in [1.82, 2.24) is 9.97 Å². The minimum atomic E-state index is 0.738. The molecule has 0 saturated carbocycles. The molecule has 0 radical (unpaired) electrons. The molecule has 2 rings (SSSR count). The molecule has 2 heterocycles. The molecular formula is C8H7N3S. The highest BCUT2D eigenvalue weighted by Gasteiger charge is 2.00. The first-order valence-electron chi connectivity index (χ1n) is 3.48. The molecule has 2 aromatic heterocycles. The fraction of sp³-hybridized carbons (Fsp3) is 0. The Labute approximate surface area is 73.9 Å². The summed E-state index contributed by atoms with van der Waals surface area (Å²) in [6, 6.07) is 3.83. The second-order valence-electron chi connectivity index (χ2n) is 2.30. The van der Waals surface area contributed by atoms with Gasteiger partial charge in [-0.3, -0.25) is 4.98 Å². The average Bonchev–Trinajstić information content (AvgIpc) is 2.54. The Morgan fingerprint density at radius 1 is 1.25 bits per heavy atom. The van der Waals surface area contributed by atoms with Gasteiger partial charge in [0.2, 0.25) is 0 Å². The Balaban J connectivity index is 2.45. The van der Waals surface area contributed by atoms with Gasteiger partial charge in [-0.15, -0.1) is 0 Å². The van der Waals surface area contributed by atoms with Crippen LogP contribution in [0.5, 0.6) is 0 Å². The van der Waals surface area contributed by atoms with E-state index in [0.717, 1.165) is 15.6 Å². The van der Waals surface area contributed by atoms with Gasteiger partial charge in [-0.05, 0) is 12.1 Å². The van der Waals surface area contributed by atoms with Crippen LogP contribution in [0.2, 0.25) is 0 Å². The number of anilines is 1. The van der Waals surface area contributed by atoms with E-state index in [2.05, 4.69) is 9.97 Å². The van der Waals surface area contributed by atoms with Crippen molar-refractivity contribution in [1.29, 1.82) is 0 Å². The first-order chi connectivity index (χ1) is 5.86. The molecule has 0 unspecified atom stereocenters. The molecule has 4 heteroatoms. The quantitative estimate of drug-likeness (QED) is 0.722. The van der Waals surface area contributed by atoms with Crippen molar-refractivity contribution in [3.63, 3.8) is 0 Å². The van der Waals surface area contributed by atoms with E-state index < -0.39 is 0 Å². The summed E-state index contributed by atoms with van der Waals surface area (Å²) >= 11 is 1.48. The molecular weight excluding hydrogens is 170 g/mol. The first-order valence-corrected chi connectivity index (χ1v) is 4.29. The Bertz CT molecular complexity index is 369. The van der Waals surface area contributed by atoms with E-state index >= 15 is 0 Å². The number of rotatable bonds is 1. The number of pyridine rings is 1. The minimum Gasteiger partial charge on any atom is -0.389 e. The van der Waals surface area contributed by atoms with Crippen molar-refractivity contribution in [3.8, 4) is 10.6 Å². The predicted octanol–water partition coefficient (Wildman–Crippen LogP) is 1.79. The Morgan fingerprint density at radius 2 is 2.00 bits per heavy atom. The van der Waals surface area contributed by atoms with E-state index in [-0.39, 0.29) is 0 Å². The van der Waals surface area contributed by atoms with Crippen LogP contribution in [0.4, 0.5) is 5.00 Å². The third kappa shape index (κ3) is 1.29. The van der Waals surface area contributed by atoms with Gasteiger partial charge in [-0.25, -0.2) is 4.98 Å². The van der Waals surface area contributed by atoms with E-state index in [0.29, 0.717) is 0 Å².